The van der Waals surface area contributed by atoms with Crippen molar-refractivity contribution in [3.05, 3.63) is 52.8 Å². The van der Waals surface area contributed by atoms with Crippen LogP contribution in [0, 0.1) is 0 Å². The Hall–Kier alpha value is -2.35. The quantitative estimate of drug-likeness (QED) is 0.939. The fourth-order valence-corrected chi connectivity index (χ4v) is 2.73. The maximum atomic E-state index is 12.3. The second-order valence-electron chi connectivity index (χ2n) is 5.60. The van der Waals surface area contributed by atoms with Crippen LogP contribution in [0.5, 0.6) is 0 Å². The first-order valence-electron chi connectivity index (χ1n) is 6.96. The second kappa shape index (κ2) is 5.69. The molecule has 0 radical (unpaired) electrons. The number of carboxylic acid groups (broad SMARTS) is 1. The molecule has 3 rings (SSSR count). The molecule has 1 aliphatic rings. The first-order chi connectivity index (χ1) is 10.8. The Morgan fingerprint density at radius 3 is 2.70 bits per heavy atom. The van der Waals surface area contributed by atoms with Gasteiger partial charge in [0.1, 0.15) is 6.54 Å². The summed E-state index contributed by atoms with van der Waals surface area (Å²) in [6.45, 7) is 0.574. The van der Waals surface area contributed by atoms with Crippen LogP contribution < -0.4 is 0 Å². The third-order valence-corrected chi connectivity index (χ3v) is 3.68. The minimum Gasteiger partial charge on any atom is -0.478 e. The van der Waals surface area contributed by atoms with Crippen LogP contribution in [0.3, 0.4) is 0 Å². The topological polar surface area (TPSA) is 58.4 Å². The van der Waals surface area contributed by atoms with E-state index in [4.69, 9.17) is 5.11 Å². The van der Waals surface area contributed by atoms with Crippen molar-refractivity contribution in [2.45, 2.75) is 32.4 Å². The Balaban J connectivity index is 1.65. The number of rotatable bonds is 4. The lowest BCUT2D eigenvalue weighted by atomic mass is 10.1. The number of carbonyl (C=O) groups is 1. The Morgan fingerprint density at radius 2 is 2.00 bits per heavy atom. The van der Waals surface area contributed by atoms with Crippen LogP contribution in [-0.2, 0) is 26.2 Å². The highest BCUT2D eigenvalue weighted by atomic mass is 19.4. The number of hydrogen-bond donors (Lipinski definition) is 1. The zero-order chi connectivity index (χ0) is 16.6. The van der Waals surface area contributed by atoms with Gasteiger partial charge in [-0.15, -0.1) is 0 Å². The van der Waals surface area contributed by atoms with Gasteiger partial charge in [-0.3, -0.25) is 9.58 Å². The molecule has 1 aliphatic heterocycles. The first-order valence-corrected chi connectivity index (χ1v) is 6.96. The maximum Gasteiger partial charge on any atom is 0.408 e. The summed E-state index contributed by atoms with van der Waals surface area (Å²) in [6, 6.07) is 4.99. The molecule has 1 N–H and O–H groups in total. The minimum atomic E-state index is -4.29. The van der Waals surface area contributed by atoms with E-state index >= 15 is 0 Å². The van der Waals surface area contributed by atoms with Crippen molar-refractivity contribution in [2.75, 3.05) is 0 Å². The summed E-state index contributed by atoms with van der Waals surface area (Å²) in [4.78, 5) is 13.0. The van der Waals surface area contributed by atoms with E-state index in [0.29, 0.717) is 25.2 Å². The van der Waals surface area contributed by atoms with Crippen molar-refractivity contribution in [1.82, 2.24) is 14.7 Å². The zero-order valence-electron chi connectivity index (χ0n) is 12.0. The van der Waals surface area contributed by atoms with Gasteiger partial charge in [0.05, 0.1) is 11.8 Å². The predicted molar refractivity (Wildman–Crippen MR) is 74.6 cm³/mol. The number of carboxylic acids is 1. The highest BCUT2D eigenvalue weighted by molar-refractivity contribution is 5.87. The Kier molecular flexibility index (Phi) is 3.85. The van der Waals surface area contributed by atoms with E-state index in [0.717, 1.165) is 15.8 Å². The van der Waals surface area contributed by atoms with Crippen LogP contribution in [-0.4, -0.2) is 31.9 Å². The van der Waals surface area contributed by atoms with E-state index < -0.39 is 18.7 Å². The number of aromatic carboxylic acids is 1. The molecule has 0 spiro atoms. The van der Waals surface area contributed by atoms with Gasteiger partial charge in [0.2, 0.25) is 0 Å². The van der Waals surface area contributed by atoms with Gasteiger partial charge < -0.3 is 5.11 Å². The number of nitrogens with zero attached hydrogens (tertiary/aromatic N) is 3. The summed E-state index contributed by atoms with van der Waals surface area (Å²) in [5, 5.41) is 12.7. The number of aromatic nitrogens is 2. The van der Waals surface area contributed by atoms with Gasteiger partial charge in [0.25, 0.3) is 0 Å². The molecule has 0 unspecified atom stereocenters. The SMILES string of the molecule is O=C(O)c1ccc2c(c1)CN(Cc1cnn(CC(F)(F)F)c1)C2. The van der Waals surface area contributed by atoms with E-state index in [-0.39, 0.29) is 5.56 Å². The minimum absolute atomic E-state index is 0.239. The Bertz CT molecular complexity index is 740. The Morgan fingerprint density at radius 1 is 1.26 bits per heavy atom. The zero-order valence-corrected chi connectivity index (χ0v) is 12.0. The molecule has 0 saturated heterocycles. The van der Waals surface area contributed by atoms with Crippen LogP contribution in [0.15, 0.2) is 30.6 Å². The summed E-state index contributed by atoms with van der Waals surface area (Å²) < 4.78 is 37.8. The lowest BCUT2D eigenvalue weighted by Gasteiger charge is -2.12. The van der Waals surface area contributed by atoms with Crippen molar-refractivity contribution in [2.24, 2.45) is 0 Å². The van der Waals surface area contributed by atoms with Gasteiger partial charge in [-0.25, -0.2) is 4.79 Å². The molecule has 1 aromatic carbocycles. The fraction of sp³-hybridized carbons (Fsp3) is 0.333. The van der Waals surface area contributed by atoms with Gasteiger partial charge in [-0.1, -0.05) is 6.07 Å². The molecular formula is C15H14F3N3O2. The lowest BCUT2D eigenvalue weighted by molar-refractivity contribution is -0.142. The molecule has 0 saturated carbocycles. The molecule has 2 aromatic rings. The molecular weight excluding hydrogens is 311 g/mol. The van der Waals surface area contributed by atoms with Crippen LogP contribution in [0.1, 0.15) is 27.0 Å². The van der Waals surface area contributed by atoms with E-state index in [1.54, 1.807) is 18.2 Å². The molecule has 5 nitrogen and oxygen atoms in total. The van der Waals surface area contributed by atoms with Crippen molar-refractivity contribution < 1.29 is 23.1 Å². The van der Waals surface area contributed by atoms with E-state index in [9.17, 15) is 18.0 Å². The number of alkyl halides is 3. The van der Waals surface area contributed by atoms with E-state index in [2.05, 4.69) is 5.10 Å². The highest BCUT2D eigenvalue weighted by Gasteiger charge is 2.28. The van der Waals surface area contributed by atoms with Gasteiger partial charge in [-0.2, -0.15) is 18.3 Å². The molecule has 122 valence electrons. The average Bonchev–Trinajstić information content (AvgIpc) is 3.02. The summed E-state index contributed by atoms with van der Waals surface area (Å²) in [7, 11) is 0. The van der Waals surface area contributed by atoms with Crippen molar-refractivity contribution in [3.8, 4) is 0 Å². The van der Waals surface area contributed by atoms with E-state index in [1.807, 2.05) is 4.90 Å². The number of halogens is 3. The molecule has 0 atom stereocenters. The monoisotopic (exact) mass is 325 g/mol. The molecule has 2 heterocycles. The number of benzene rings is 1. The number of fused-ring (bicyclic) bond motifs is 1. The summed E-state index contributed by atoms with van der Waals surface area (Å²) >= 11 is 0. The summed E-state index contributed by atoms with van der Waals surface area (Å²) in [5.41, 5.74) is 2.91. The fourth-order valence-electron chi connectivity index (χ4n) is 2.73. The molecule has 0 fully saturated rings. The summed E-state index contributed by atoms with van der Waals surface area (Å²) in [5.74, 6) is -0.973. The van der Waals surface area contributed by atoms with Gasteiger partial charge >= 0.3 is 12.1 Å². The average molecular weight is 325 g/mol. The molecule has 0 bridgehead atoms. The standard InChI is InChI=1S/C15H14F3N3O2/c16-15(17,18)9-21-6-10(4-19-21)5-20-7-12-2-1-11(14(22)23)3-13(12)8-20/h1-4,6H,5,7-9H2,(H,22,23). The molecule has 0 amide bonds. The van der Waals surface area contributed by atoms with Crippen molar-refractivity contribution >= 4 is 5.97 Å². The third-order valence-electron chi connectivity index (χ3n) is 3.68. The van der Waals surface area contributed by atoms with Crippen LogP contribution in [0.25, 0.3) is 0 Å². The van der Waals surface area contributed by atoms with Crippen molar-refractivity contribution in [3.63, 3.8) is 0 Å². The highest BCUT2D eigenvalue weighted by Crippen LogP contribution is 2.25. The lowest BCUT2D eigenvalue weighted by Crippen LogP contribution is -2.18. The first kappa shape index (κ1) is 15.5. The smallest absolute Gasteiger partial charge is 0.408 e. The molecule has 0 aliphatic carbocycles. The van der Waals surface area contributed by atoms with Crippen LogP contribution in [0.4, 0.5) is 13.2 Å². The van der Waals surface area contributed by atoms with Crippen LogP contribution >= 0.6 is 0 Å². The third kappa shape index (κ3) is 3.70. The van der Waals surface area contributed by atoms with E-state index in [1.165, 1.54) is 12.4 Å². The predicted octanol–water partition coefficient (Wildman–Crippen LogP) is 2.66. The van der Waals surface area contributed by atoms with Gasteiger partial charge in [-0.05, 0) is 23.3 Å². The number of hydrogen-bond acceptors (Lipinski definition) is 3. The maximum absolute atomic E-state index is 12.3. The van der Waals surface area contributed by atoms with Crippen LogP contribution in [0.2, 0.25) is 0 Å². The second-order valence-corrected chi connectivity index (χ2v) is 5.60. The Labute approximate surface area is 129 Å². The van der Waals surface area contributed by atoms with Gasteiger partial charge in [0.15, 0.2) is 0 Å². The molecule has 23 heavy (non-hydrogen) atoms. The van der Waals surface area contributed by atoms with Gasteiger partial charge in [0, 0.05) is 31.4 Å². The molecule has 8 heteroatoms. The largest absolute Gasteiger partial charge is 0.478 e. The van der Waals surface area contributed by atoms with Crippen molar-refractivity contribution in [1.29, 1.82) is 0 Å². The molecule has 1 aromatic heterocycles. The normalized spacial score (nSPS) is 14.9. The summed E-state index contributed by atoms with van der Waals surface area (Å²) in [6.07, 6.45) is -1.48.